The molecule has 2 unspecified atom stereocenters. The van der Waals surface area contributed by atoms with Gasteiger partial charge in [-0.05, 0) is 84.0 Å². The van der Waals surface area contributed by atoms with E-state index >= 15 is 0 Å². The third-order valence-electron chi connectivity index (χ3n) is 8.29. The SMILES string of the molecule is CCCCC/C=C\C/C=C\CCCCCCCCOC(C)CC(OCCCCCCCC/C=C\C/C=C\CCCCC)OCOC. The fraction of sp³-hybridized carbons (Fsp3) is 0.810. The lowest BCUT2D eigenvalue weighted by Gasteiger charge is -2.22. The van der Waals surface area contributed by atoms with E-state index in [0.29, 0.717) is 0 Å². The van der Waals surface area contributed by atoms with Gasteiger partial charge in [0.15, 0.2) is 6.29 Å². The van der Waals surface area contributed by atoms with Crippen molar-refractivity contribution in [2.45, 2.75) is 194 Å². The number of allylic oxidation sites excluding steroid dienone is 8. The molecule has 0 aliphatic rings. The normalized spacial score (nSPS) is 13.7. The van der Waals surface area contributed by atoms with Crippen molar-refractivity contribution < 1.29 is 18.9 Å². The lowest BCUT2D eigenvalue weighted by Crippen LogP contribution is -2.25. The van der Waals surface area contributed by atoms with Crippen molar-refractivity contribution in [2.75, 3.05) is 27.1 Å². The Bertz CT molecular complexity index is 683. The summed E-state index contributed by atoms with van der Waals surface area (Å²) in [6.07, 6.45) is 49.5. The van der Waals surface area contributed by atoms with Crippen LogP contribution in [0.2, 0.25) is 0 Å². The summed E-state index contributed by atoms with van der Waals surface area (Å²) in [4.78, 5) is 0. The number of hydrogen-bond donors (Lipinski definition) is 0. The quantitative estimate of drug-likeness (QED) is 0.0382. The van der Waals surface area contributed by atoms with Gasteiger partial charge in [-0.25, -0.2) is 0 Å². The third-order valence-corrected chi connectivity index (χ3v) is 8.29. The van der Waals surface area contributed by atoms with Crippen molar-refractivity contribution in [3.63, 3.8) is 0 Å². The van der Waals surface area contributed by atoms with Crippen LogP contribution in [0.5, 0.6) is 0 Å². The van der Waals surface area contributed by atoms with E-state index < -0.39 is 0 Å². The maximum Gasteiger partial charge on any atom is 0.162 e. The van der Waals surface area contributed by atoms with Gasteiger partial charge in [0.2, 0.25) is 0 Å². The zero-order valence-electron chi connectivity index (χ0n) is 31.2. The van der Waals surface area contributed by atoms with Gasteiger partial charge in [0.25, 0.3) is 0 Å². The van der Waals surface area contributed by atoms with Gasteiger partial charge in [0.05, 0.1) is 6.10 Å². The van der Waals surface area contributed by atoms with Crippen LogP contribution in [0.1, 0.15) is 181 Å². The van der Waals surface area contributed by atoms with Crippen molar-refractivity contribution in [3.05, 3.63) is 48.6 Å². The Labute approximate surface area is 287 Å². The Hall–Kier alpha value is -1.20. The van der Waals surface area contributed by atoms with Crippen LogP contribution in [0.3, 0.4) is 0 Å². The maximum atomic E-state index is 6.08. The number of rotatable bonds is 37. The van der Waals surface area contributed by atoms with Crippen molar-refractivity contribution in [3.8, 4) is 0 Å². The van der Waals surface area contributed by atoms with E-state index in [1.54, 1.807) is 7.11 Å². The first-order chi connectivity index (χ1) is 22.7. The van der Waals surface area contributed by atoms with E-state index in [1.807, 2.05) is 0 Å². The van der Waals surface area contributed by atoms with Gasteiger partial charge in [0, 0.05) is 26.7 Å². The molecule has 0 N–H and O–H groups in total. The molecule has 0 saturated heterocycles. The molecule has 0 heterocycles. The highest BCUT2D eigenvalue weighted by atomic mass is 16.7. The van der Waals surface area contributed by atoms with Crippen LogP contribution in [0.25, 0.3) is 0 Å². The minimum absolute atomic E-state index is 0.121. The molecule has 2 atom stereocenters. The average Bonchev–Trinajstić information content (AvgIpc) is 3.06. The lowest BCUT2D eigenvalue weighted by atomic mass is 10.1. The first kappa shape index (κ1) is 44.8. The molecule has 0 rings (SSSR count). The Morgan fingerprint density at radius 2 is 0.826 bits per heavy atom. The van der Waals surface area contributed by atoms with Crippen LogP contribution >= 0.6 is 0 Å². The van der Waals surface area contributed by atoms with E-state index in [4.69, 9.17) is 18.9 Å². The topological polar surface area (TPSA) is 36.9 Å². The monoisotopic (exact) mass is 647 g/mol. The van der Waals surface area contributed by atoms with Crippen LogP contribution in [0, 0.1) is 0 Å². The lowest BCUT2D eigenvalue weighted by molar-refractivity contribution is -0.201. The second-order valence-electron chi connectivity index (χ2n) is 13.0. The summed E-state index contributed by atoms with van der Waals surface area (Å²) in [5.74, 6) is 0. The molecule has 0 bridgehead atoms. The minimum Gasteiger partial charge on any atom is -0.378 e. The second-order valence-corrected chi connectivity index (χ2v) is 13.0. The van der Waals surface area contributed by atoms with Crippen molar-refractivity contribution in [1.82, 2.24) is 0 Å². The summed E-state index contributed by atoms with van der Waals surface area (Å²) in [6.45, 7) is 8.46. The van der Waals surface area contributed by atoms with Crippen LogP contribution in [0.15, 0.2) is 48.6 Å². The molecule has 0 aliphatic heterocycles. The van der Waals surface area contributed by atoms with Gasteiger partial charge in [-0.3, -0.25) is 0 Å². The van der Waals surface area contributed by atoms with Gasteiger partial charge in [-0.1, -0.05) is 140 Å². The molecule has 0 aromatic carbocycles. The molecule has 270 valence electrons. The van der Waals surface area contributed by atoms with Crippen molar-refractivity contribution >= 4 is 0 Å². The van der Waals surface area contributed by atoms with E-state index in [2.05, 4.69) is 69.4 Å². The summed E-state index contributed by atoms with van der Waals surface area (Å²) >= 11 is 0. The van der Waals surface area contributed by atoms with Gasteiger partial charge in [-0.2, -0.15) is 0 Å². The van der Waals surface area contributed by atoms with Crippen molar-refractivity contribution in [2.24, 2.45) is 0 Å². The van der Waals surface area contributed by atoms with E-state index in [9.17, 15) is 0 Å². The fourth-order valence-corrected chi connectivity index (χ4v) is 5.35. The largest absolute Gasteiger partial charge is 0.378 e. The highest BCUT2D eigenvalue weighted by Crippen LogP contribution is 2.13. The molecule has 0 amide bonds. The second kappa shape index (κ2) is 40.0. The number of unbranched alkanes of at least 4 members (excludes halogenated alkanes) is 18. The summed E-state index contributed by atoms with van der Waals surface area (Å²) < 4.78 is 23.1. The molecule has 0 aliphatic carbocycles. The summed E-state index contributed by atoms with van der Waals surface area (Å²) in [5, 5.41) is 0. The van der Waals surface area contributed by atoms with Gasteiger partial charge < -0.3 is 18.9 Å². The van der Waals surface area contributed by atoms with Crippen LogP contribution in [-0.2, 0) is 18.9 Å². The predicted octanol–water partition coefficient (Wildman–Crippen LogP) is 13.4. The molecular formula is C42H78O4. The summed E-state index contributed by atoms with van der Waals surface area (Å²) in [6, 6.07) is 0. The number of methoxy groups -OCH3 is 1. The fourth-order valence-electron chi connectivity index (χ4n) is 5.35. The first-order valence-corrected chi connectivity index (χ1v) is 19.7. The molecule has 0 aromatic heterocycles. The molecule has 0 saturated carbocycles. The molecule has 4 heteroatoms. The highest BCUT2D eigenvalue weighted by molar-refractivity contribution is 4.93. The summed E-state index contributed by atoms with van der Waals surface area (Å²) in [7, 11) is 1.66. The smallest absolute Gasteiger partial charge is 0.162 e. The Balaban J connectivity index is 3.68. The van der Waals surface area contributed by atoms with Crippen LogP contribution in [-0.4, -0.2) is 39.5 Å². The summed E-state index contributed by atoms with van der Waals surface area (Å²) in [5.41, 5.74) is 0. The predicted molar refractivity (Wildman–Crippen MR) is 201 cm³/mol. The van der Waals surface area contributed by atoms with Gasteiger partial charge >= 0.3 is 0 Å². The minimum atomic E-state index is -0.260. The zero-order valence-corrected chi connectivity index (χ0v) is 31.2. The molecule has 46 heavy (non-hydrogen) atoms. The molecule has 4 nitrogen and oxygen atoms in total. The highest BCUT2D eigenvalue weighted by Gasteiger charge is 2.15. The third kappa shape index (κ3) is 37.3. The number of ether oxygens (including phenoxy) is 4. The first-order valence-electron chi connectivity index (χ1n) is 19.7. The molecular weight excluding hydrogens is 568 g/mol. The van der Waals surface area contributed by atoms with Crippen molar-refractivity contribution in [1.29, 1.82) is 0 Å². The molecule has 0 aromatic rings. The molecule has 0 fully saturated rings. The maximum absolute atomic E-state index is 6.08. The standard InChI is InChI=1S/C42H78O4/c1-5-7-9-11-13-15-17-19-21-23-25-27-29-31-33-35-37-44-41(3)39-42(46-40-43-4)45-38-36-34-32-30-28-26-24-22-20-18-16-14-12-10-8-6-2/h13-16,19-22,41-42H,5-12,17-18,23-40H2,1-4H3/b15-13-,16-14-,21-19-,22-20-. The average molecular weight is 647 g/mol. The van der Waals surface area contributed by atoms with E-state index in [-0.39, 0.29) is 19.2 Å². The zero-order chi connectivity index (χ0) is 33.4. The Morgan fingerprint density at radius 3 is 1.26 bits per heavy atom. The molecule has 0 spiro atoms. The van der Waals surface area contributed by atoms with E-state index in [1.165, 1.54) is 128 Å². The van der Waals surface area contributed by atoms with Crippen LogP contribution < -0.4 is 0 Å². The van der Waals surface area contributed by atoms with Gasteiger partial charge in [0.1, 0.15) is 6.79 Å². The number of hydrogen-bond acceptors (Lipinski definition) is 4. The van der Waals surface area contributed by atoms with Crippen LogP contribution in [0.4, 0.5) is 0 Å². The molecule has 0 radical (unpaired) electrons. The van der Waals surface area contributed by atoms with E-state index in [0.717, 1.165) is 45.3 Å². The Kier molecular flexibility index (Phi) is 38.9. The van der Waals surface area contributed by atoms with Gasteiger partial charge in [-0.15, -0.1) is 0 Å². The Morgan fingerprint density at radius 1 is 0.435 bits per heavy atom.